The Balaban J connectivity index is 1.88. The summed E-state index contributed by atoms with van der Waals surface area (Å²) in [5.74, 6) is -0.0299. The smallest absolute Gasteiger partial charge is 0.274 e. The number of aromatic nitrogens is 2. The average molecular weight is 310 g/mol. The van der Waals surface area contributed by atoms with Gasteiger partial charge in [-0.2, -0.15) is 0 Å². The van der Waals surface area contributed by atoms with Gasteiger partial charge >= 0.3 is 0 Å². The monoisotopic (exact) mass is 310 g/mol. The minimum Gasteiger partial charge on any atom is -0.335 e. The Morgan fingerprint density at radius 1 is 1.09 bits per heavy atom. The molecule has 1 amide bonds. The maximum absolute atomic E-state index is 12.6. The van der Waals surface area contributed by atoms with Gasteiger partial charge in [0.25, 0.3) is 5.91 Å². The molecule has 5 nitrogen and oxygen atoms in total. The van der Waals surface area contributed by atoms with Crippen LogP contribution in [0.3, 0.4) is 0 Å². The molecule has 3 rings (SSSR count). The van der Waals surface area contributed by atoms with Crippen molar-refractivity contribution < 1.29 is 4.79 Å². The maximum atomic E-state index is 12.6. The zero-order chi connectivity index (χ0) is 16.4. The third-order valence-corrected chi connectivity index (χ3v) is 4.52. The number of hydrogen-bond donors (Lipinski definition) is 0. The first kappa shape index (κ1) is 15.6. The summed E-state index contributed by atoms with van der Waals surface area (Å²) in [6.07, 6.45) is 3.29. The molecule has 0 spiro atoms. The van der Waals surface area contributed by atoms with Gasteiger partial charge in [-0.25, -0.2) is 4.98 Å². The Morgan fingerprint density at radius 2 is 1.83 bits per heavy atom. The molecule has 1 aromatic carbocycles. The van der Waals surface area contributed by atoms with Gasteiger partial charge in [0, 0.05) is 31.7 Å². The quantitative estimate of drug-likeness (QED) is 0.853. The van der Waals surface area contributed by atoms with Crippen LogP contribution in [-0.4, -0.2) is 58.9 Å². The molecular weight excluding hydrogens is 288 g/mol. The van der Waals surface area contributed by atoms with Crippen LogP contribution in [0.4, 0.5) is 0 Å². The number of benzene rings is 1. The van der Waals surface area contributed by atoms with E-state index < -0.39 is 0 Å². The normalized spacial score (nSPS) is 15.7. The number of carbonyl (C=O) groups excluding carboxylic acids is 1. The third-order valence-electron chi connectivity index (χ3n) is 4.52. The van der Waals surface area contributed by atoms with Crippen LogP contribution < -0.4 is 0 Å². The second kappa shape index (κ2) is 6.46. The molecule has 23 heavy (non-hydrogen) atoms. The summed E-state index contributed by atoms with van der Waals surface area (Å²) < 4.78 is 0. The number of likely N-dealkylation sites (N-methyl/N-ethyl adjacent to an activating group) is 1. The van der Waals surface area contributed by atoms with Gasteiger partial charge < -0.3 is 9.80 Å². The lowest BCUT2D eigenvalue weighted by Gasteiger charge is -2.32. The summed E-state index contributed by atoms with van der Waals surface area (Å²) in [5, 5.41) is 0. The van der Waals surface area contributed by atoms with Gasteiger partial charge in [0.15, 0.2) is 0 Å². The number of amides is 1. The predicted octanol–water partition coefficient (Wildman–Crippen LogP) is 2.15. The van der Waals surface area contributed by atoms with Gasteiger partial charge in [0.05, 0.1) is 18.1 Å². The Bertz CT molecular complexity index is 721. The summed E-state index contributed by atoms with van der Waals surface area (Å²) in [7, 11) is 2.07. The van der Waals surface area contributed by atoms with E-state index in [9.17, 15) is 4.79 Å². The second-order valence-electron chi connectivity index (χ2n) is 6.13. The number of aryl methyl sites for hydroxylation is 1. The largest absolute Gasteiger partial charge is 0.335 e. The van der Waals surface area contributed by atoms with E-state index in [2.05, 4.69) is 41.8 Å². The van der Waals surface area contributed by atoms with E-state index in [1.807, 2.05) is 17.0 Å². The lowest BCUT2D eigenvalue weighted by atomic mass is 10.0. The lowest BCUT2D eigenvalue weighted by molar-refractivity contribution is 0.0658. The first-order chi connectivity index (χ1) is 11.1. The number of rotatable bonds is 2. The van der Waals surface area contributed by atoms with Gasteiger partial charge in [-0.3, -0.25) is 9.78 Å². The van der Waals surface area contributed by atoms with Crippen molar-refractivity contribution >= 4 is 5.91 Å². The molecule has 1 fully saturated rings. The Hall–Kier alpha value is -2.27. The Kier molecular flexibility index (Phi) is 4.39. The van der Waals surface area contributed by atoms with Crippen molar-refractivity contribution in [1.82, 2.24) is 19.8 Å². The van der Waals surface area contributed by atoms with Crippen molar-refractivity contribution in [2.24, 2.45) is 0 Å². The topological polar surface area (TPSA) is 49.3 Å². The summed E-state index contributed by atoms with van der Waals surface area (Å²) in [4.78, 5) is 25.5. The highest BCUT2D eigenvalue weighted by Crippen LogP contribution is 2.23. The van der Waals surface area contributed by atoms with Crippen LogP contribution in [0.1, 0.15) is 21.6 Å². The molecule has 1 aromatic heterocycles. The van der Waals surface area contributed by atoms with Crippen LogP contribution in [0.2, 0.25) is 0 Å². The van der Waals surface area contributed by atoms with Gasteiger partial charge in [-0.15, -0.1) is 0 Å². The lowest BCUT2D eigenvalue weighted by Crippen LogP contribution is -2.47. The van der Waals surface area contributed by atoms with Crippen LogP contribution in [0.15, 0.2) is 30.6 Å². The first-order valence-electron chi connectivity index (χ1n) is 7.92. The molecule has 120 valence electrons. The summed E-state index contributed by atoms with van der Waals surface area (Å²) in [5.41, 5.74) is 4.59. The van der Waals surface area contributed by atoms with Crippen LogP contribution in [0.25, 0.3) is 11.3 Å². The predicted molar refractivity (Wildman–Crippen MR) is 90.3 cm³/mol. The fourth-order valence-electron chi connectivity index (χ4n) is 2.80. The fourth-order valence-corrected chi connectivity index (χ4v) is 2.80. The summed E-state index contributed by atoms with van der Waals surface area (Å²) in [6.45, 7) is 7.42. The van der Waals surface area contributed by atoms with E-state index in [1.54, 1.807) is 12.4 Å². The van der Waals surface area contributed by atoms with Crippen molar-refractivity contribution in [2.75, 3.05) is 33.2 Å². The molecule has 1 saturated heterocycles. The van der Waals surface area contributed by atoms with E-state index in [1.165, 1.54) is 11.1 Å². The summed E-state index contributed by atoms with van der Waals surface area (Å²) in [6, 6.07) is 6.11. The molecule has 0 bridgehead atoms. The fraction of sp³-hybridized carbons (Fsp3) is 0.389. The van der Waals surface area contributed by atoms with Crippen molar-refractivity contribution in [3.8, 4) is 11.3 Å². The molecule has 5 heteroatoms. The van der Waals surface area contributed by atoms with Crippen LogP contribution in [-0.2, 0) is 0 Å². The van der Waals surface area contributed by atoms with E-state index in [0.29, 0.717) is 5.69 Å². The molecule has 1 aliphatic rings. The number of hydrogen-bond acceptors (Lipinski definition) is 4. The van der Waals surface area contributed by atoms with E-state index >= 15 is 0 Å². The van der Waals surface area contributed by atoms with E-state index in [4.69, 9.17) is 0 Å². The van der Waals surface area contributed by atoms with Crippen LogP contribution in [0, 0.1) is 13.8 Å². The van der Waals surface area contributed by atoms with Crippen molar-refractivity contribution in [1.29, 1.82) is 0 Å². The minimum atomic E-state index is -0.0299. The molecule has 0 saturated carbocycles. The number of carbonyl (C=O) groups is 1. The van der Waals surface area contributed by atoms with Gasteiger partial charge in [0.2, 0.25) is 0 Å². The summed E-state index contributed by atoms with van der Waals surface area (Å²) >= 11 is 0. The van der Waals surface area contributed by atoms with Crippen molar-refractivity contribution in [3.63, 3.8) is 0 Å². The zero-order valence-electron chi connectivity index (χ0n) is 13.9. The zero-order valence-corrected chi connectivity index (χ0v) is 13.9. The molecule has 0 atom stereocenters. The molecule has 2 heterocycles. The molecule has 2 aromatic rings. The highest BCUT2D eigenvalue weighted by Gasteiger charge is 2.22. The van der Waals surface area contributed by atoms with Gasteiger partial charge in [0.1, 0.15) is 5.69 Å². The maximum Gasteiger partial charge on any atom is 0.274 e. The van der Waals surface area contributed by atoms with Crippen molar-refractivity contribution in [3.05, 3.63) is 47.4 Å². The van der Waals surface area contributed by atoms with Crippen molar-refractivity contribution in [2.45, 2.75) is 13.8 Å². The van der Waals surface area contributed by atoms with E-state index in [-0.39, 0.29) is 5.91 Å². The molecule has 0 unspecified atom stereocenters. The highest BCUT2D eigenvalue weighted by atomic mass is 16.2. The average Bonchev–Trinajstić information content (AvgIpc) is 2.57. The molecule has 1 aliphatic heterocycles. The molecule has 0 aliphatic carbocycles. The standard InChI is InChI=1S/C18H22N4O/c1-13-5-4-6-15(14(13)2)16-11-19-12-17(20-16)18(23)22-9-7-21(3)8-10-22/h4-6,11-12H,7-10H2,1-3H3. The molecule has 0 radical (unpaired) electrons. The molecule has 0 N–H and O–H groups in total. The van der Waals surface area contributed by atoms with Gasteiger partial charge in [-0.1, -0.05) is 18.2 Å². The Morgan fingerprint density at radius 3 is 2.57 bits per heavy atom. The second-order valence-corrected chi connectivity index (χ2v) is 6.13. The SMILES string of the molecule is Cc1cccc(-c2cncc(C(=O)N3CCN(C)CC3)n2)c1C. The van der Waals surface area contributed by atoms with E-state index in [0.717, 1.165) is 37.4 Å². The van der Waals surface area contributed by atoms with Crippen LogP contribution >= 0.6 is 0 Å². The van der Waals surface area contributed by atoms with Crippen LogP contribution in [0.5, 0.6) is 0 Å². The first-order valence-corrected chi connectivity index (χ1v) is 7.92. The number of nitrogens with zero attached hydrogens (tertiary/aromatic N) is 4. The third kappa shape index (κ3) is 3.24. The number of piperazine rings is 1. The Labute approximate surface area is 137 Å². The minimum absolute atomic E-state index is 0.0299. The molecular formula is C18H22N4O. The van der Waals surface area contributed by atoms with Gasteiger partial charge in [-0.05, 0) is 32.0 Å². The highest BCUT2D eigenvalue weighted by molar-refractivity contribution is 5.92.